The molecule has 1 fully saturated rings. The molecule has 3 aromatic rings. The normalized spacial score (nSPS) is 15.2. The number of urea groups is 1. The smallest absolute Gasteiger partial charge is 0.335 e. The van der Waals surface area contributed by atoms with Crippen molar-refractivity contribution < 1.29 is 19.5 Å². The summed E-state index contributed by atoms with van der Waals surface area (Å²) < 4.78 is 1.57. The van der Waals surface area contributed by atoms with E-state index in [1.807, 2.05) is 25.1 Å². The first kappa shape index (κ1) is 25.0. The molecule has 0 spiro atoms. The SMILES string of the molecule is Cc1cc(-n2ccc(NC(=O)[C@@H]3CCCN3C(=O)Nc3ccc(C(C)C)c(C)c3)n2)ccc1C(=O)O. The Bertz CT molecular complexity index is 1310. The molecule has 0 radical (unpaired) electrons. The van der Waals surface area contributed by atoms with Gasteiger partial charge in [-0.1, -0.05) is 19.9 Å². The van der Waals surface area contributed by atoms with Crippen molar-refractivity contribution in [1.29, 1.82) is 0 Å². The molecule has 1 saturated heterocycles. The topological polar surface area (TPSA) is 117 Å². The molecule has 188 valence electrons. The van der Waals surface area contributed by atoms with Gasteiger partial charge in [0.15, 0.2) is 5.82 Å². The van der Waals surface area contributed by atoms with Crippen molar-refractivity contribution in [2.75, 3.05) is 17.2 Å². The summed E-state index contributed by atoms with van der Waals surface area (Å²) in [5.41, 5.74) is 4.57. The van der Waals surface area contributed by atoms with Crippen molar-refractivity contribution in [2.45, 2.75) is 52.5 Å². The molecule has 1 atom stereocenters. The van der Waals surface area contributed by atoms with Crippen LogP contribution >= 0.6 is 0 Å². The van der Waals surface area contributed by atoms with Crippen molar-refractivity contribution in [1.82, 2.24) is 14.7 Å². The van der Waals surface area contributed by atoms with Gasteiger partial charge in [0.1, 0.15) is 6.04 Å². The van der Waals surface area contributed by atoms with Gasteiger partial charge in [-0.2, -0.15) is 5.10 Å². The highest BCUT2D eigenvalue weighted by molar-refractivity contribution is 5.99. The number of carboxylic acids is 1. The summed E-state index contributed by atoms with van der Waals surface area (Å²) in [6.45, 7) is 8.51. The molecule has 4 rings (SSSR count). The Labute approximate surface area is 210 Å². The van der Waals surface area contributed by atoms with Crippen molar-refractivity contribution in [2.24, 2.45) is 0 Å². The number of likely N-dealkylation sites (tertiary alicyclic amines) is 1. The number of aromatic nitrogens is 2. The van der Waals surface area contributed by atoms with E-state index in [0.717, 1.165) is 12.0 Å². The van der Waals surface area contributed by atoms with Gasteiger partial charge in [0.2, 0.25) is 5.91 Å². The number of amides is 3. The molecular weight excluding hydrogens is 458 g/mol. The van der Waals surface area contributed by atoms with E-state index >= 15 is 0 Å². The van der Waals surface area contributed by atoms with Crippen LogP contribution in [0.15, 0.2) is 48.7 Å². The second-order valence-electron chi connectivity index (χ2n) is 9.45. The first-order chi connectivity index (χ1) is 17.1. The standard InChI is InChI=1S/C27H31N5O4/c1-16(2)21-9-7-19(14-17(21)3)28-27(36)31-12-5-6-23(31)25(33)29-24-11-13-32(30-24)20-8-10-22(26(34)35)18(4)15-20/h7-11,13-16,23H,5-6,12H2,1-4H3,(H,28,36)(H,34,35)(H,29,30,33)/t23-/m0/s1. The fourth-order valence-electron chi connectivity index (χ4n) is 4.65. The zero-order valence-electron chi connectivity index (χ0n) is 20.9. The van der Waals surface area contributed by atoms with Crippen molar-refractivity contribution >= 4 is 29.4 Å². The van der Waals surface area contributed by atoms with Crippen LogP contribution in [0.5, 0.6) is 0 Å². The number of aromatic carboxylic acids is 1. The molecule has 2 aromatic carbocycles. The maximum Gasteiger partial charge on any atom is 0.335 e. The average molecular weight is 490 g/mol. The number of carboxylic acid groups (broad SMARTS) is 1. The number of nitrogens with zero attached hydrogens (tertiary/aromatic N) is 3. The molecule has 0 saturated carbocycles. The fraction of sp³-hybridized carbons (Fsp3) is 0.333. The number of benzene rings is 2. The molecule has 9 heteroatoms. The lowest BCUT2D eigenvalue weighted by molar-refractivity contribution is -0.119. The predicted molar refractivity (Wildman–Crippen MR) is 138 cm³/mol. The highest BCUT2D eigenvalue weighted by Crippen LogP contribution is 2.24. The minimum atomic E-state index is -0.986. The predicted octanol–water partition coefficient (Wildman–Crippen LogP) is 4.95. The quantitative estimate of drug-likeness (QED) is 0.453. The Balaban J connectivity index is 1.42. The number of carbonyl (C=O) groups excluding carboxylic acids is 2. The highest BCUT2D eigenvalue weighted by Gasteiger charge is 2.34. The molecule has 36 heavy (non-hydrogen) atoms. The molecular formula is C27H31N5O4. The minimum Gasteiger partial charge on any atom is -0.478 e. The number of rotatable bonds is 6. The number of aryl methyl sites for hydroxylation is 2. The summed E-state index contributed by atoms with van der Waals surface area (Å²) in [6, 6.07) is 11.5. The average Bonchev–Trinajstić information content (AvgIpc) is 3.48. The molecule has 3 N–H and O–H groups in total. The third-order valence-corrected chi connectivity index (χ3v) is 6.50. The number of hydrogen-bond acceptors (Lipinski definition) is 4. The first-order valence-electron chi connectivity index (χ1n) is 12.0. The molecule has 1 aromatic heterocycles. The van der Waals surface area contributed by atoms with Crippen LogP contribution in [0.25, 0.3) is 5.69 Å². The van der Waals surface area contributed by atoms with Crippen molar-refractivity contribution in [3.8, 4) is 5.69 Å². The Morgan fingerprint density at radius 3 is 2.47 bits per heavy atom. The zero-order chi connectivity index (χ0) is 26.0. The molecule has 0 bridgehead atoms. The summed E-state index contributed by atoms with van der Waals surface area (Å²) in [4.78, 5) is 38.8. The lowest BCUT2D eigenvalue weighted by Crippen LogP contribution is -2.45. The Morgan fingerprint density at radius 1 is 1.03 bits per heavy atom. The van der Waals surface area contributed by atoms with Crippen LogP contribution in [-0.4, -0.2) is 50.3 Å². The fourth-order valence-corrected chi connectivity index (χ4v) is 4.65. The highest BCUT2D eigenvalue weighted by atomic mass is 16.4. The van der Waals surface area contributed by atoms with Gasteiger partial charge in [0.05, 0.1) is 11.3 Å². The lowest BCUT2D eigenvalue weighted by atomic mass is 9.98. The van der Waals surface area contributed by atoms with Gasteiger partial charge in [0.25, 0.3) is 0 Å². The van der Waals surface area contributed by atoms with E-state index < -0.39 is 12.0 Å². The molecule has 3 amide bonds. The van der Waals surface area contributed by atoms with Gasteiger partial charge in [0, 0.05) is 24.5 Å². The molecule has 0 aliphatic carbocycles. The van der Waals surface area contributed by atoms with Crippen molar-refractivity contribution in [3.63, 3.8) is 0 Å². The van der Waals surface area contributed by atoms with Crippen LogP contribution in [0.2, 0.25) is 0 Å². The molecule has 1 aliphatic rings. The van der Waals surface area contributed by atoms with Gasteiger partial charge in [-0.3, -0.25) is 4.79 Å². The summed E-state index contributed by atoms with van der Waals surface area (Å²) in [6.07, 6.45) is 2.99. The number of anilines is 2. The first-order valence-corrected chi connectivity index (χ1v) is 12.0. The molecule has 9 nitrogen and oxygen atoms in total. The second kappa shape index (κ2) is 10.2. The van der Waals surface area contributed by atoms with Gasteiger partial charge in [-0.25, -0.2) is 14.3 Å². The Morgan fingerprint density at radius 2 is 1.81 bits per heavy atom. The summed E-state index contributed by atoms with van der Waals surface area (Å²) in [5, 5.41) is 19.4. The van der Waals surface area contributed by atoms with Gasteiger partial charge < -0.3 is 20.6 Å². The van der Waals surface area contributed by atoms with Crippen LogP contribution in [0.1, 0.15) is 59.7 Å². The zero-order valence-corrected chi connectivity index (χ0v) is 20.9. The van der Waals surface area contributed by atoms with Crippen LogP contribution in [0.3, 0.4) is 0 Å². The third-order valence-electron chi connectivity index (χ3n) is 6.50. The van der Waals surface area contributed by atoms with E-state index in [9.17, 15) is 19.5 Å². The Hall–Kier alpha value is -4.14. The number of carbonyl (C=O) groups is 3. The van der Waals surface area contributed by atoms with E-state index in [-0.39, 0.29) is 17.5 Å². The van der Waals surface area contributed by atoms with Crippen LogP contribution in [0.4, 0.5) is 16.3 Å². The van der Waals surface area contributed by atoms with Crippen LogP contribution in [-0.2, 0) is 4.79 Å². The molecule has 2 heterocycles. The second-order valence-corrected chi connectivity index (χ2v) is 9.45. The maximum absolute atomic E-state index is 13.0. The van der Waals surface area contributed by atoms with E-state index in [4.69, 9.17) is 0 Å². The van der Waals surface area contributed by atoms with E-state index in [2.05, 4.69) is 29.6 Å². The van der Waals surface area contributed by atoms with Gasteiger partial charge >= 0.3 is 12.0 Å². The lowest BCUT2D eigenvalue weighted by Gasteiger charge is -2.24. The maximum atomic E-state index is 13.0. The molecule has 1 aliphatic heterocycles. The van der Waals surface area contributed by atoms with Gasteiger partial charge in [-0.05, 0) is 79.6 Å². The number of hydrogen-bond donors (Lipinski definition) is 3. The Kier molecular flexibility index (Phi) is 7.10. The largest absolute Gasteiger partial charge is 0.478 e. The minimum absolute atomic E-state index is 0.227. The third kappa shape index (κ3) is 5.25. The summed E-state index contributed by atoms with van der Waals surface area (Å²) >= 11 is 0. The monoisotopic (exact) mass is 489 g/mol. The van der Waals surface area contributed by atoms with Gasteiger partial charge in [-0.15, -0.1) is 0 Å². The summed E-state index contributed by atoms with van der Waals surface area (Å²) in [5.74, 6) is -0.526. The van der Waals surface area contributed by atoms with Crippen molar-refractivity contribution in [3.05, 3.63) is 70.9 Å². The van der Waals surface area contributed by atoms with Crippen LogP contribution < -0.4 is 10.6 Å². The molecule has 0 unspecified atom stereocenters. The van der Waals surface area contributed by atoms with E-state index in [0.29, 0.717) is 41.6 Å². The number of nitrogens with one attached hydrogen (secondary N) is 2. The van der Waals surface area contributed by atoms with E-state index in [1.165, 1.54) is 11.6 Å². The van der Waals surface area contributed by atoms with Crippen LogP contribution in [0, 0.1) is 13.8 Å². The van der Waals surface area contributed by atoms with E-state index in [1.54, 1.807) is 40.9 Å². The summed E-state index contributed by atoms with van der Waals surface area (Å²) in [7, 11) is 0.